The summed E-state index contributed by atoms with van der Waals surface area (Å²) in [5, 5.41) is 16.8. The van der Waals surface area contributed by atoms with Crippen LogP contribution in [0.5, 0.6) is 0 Å². The number of rotatable bonds is 3. The summed E-state index contributed by atoms with van der Waals surface area (Å²) in [5.74, 6) is -2.96. The van der Waals surface area contributed by atoms with Gasteiger partial charge in [-0.25, -0.2) is 22.5 Å². The molecule has 4 rings (SSSR count). The van der Waals surface area contributed by atoms with E-state index >= 15 is 0 Å². The molecule has 0 N–H and O–H groups in total. The third kappa shape index (κ3) is 3.61. The van der Waals surface area contributed by atoms with E-state index in [4.69, 9.17) is 0 Å². The maximum absolute atomic E-state index is 14.5. The second-order valence-electron chi connectivity index (χ2n) is 6.29. The third-order valence-corrected chi connectivity index (χ3v) is 4.39. The van der Waals surface area contributed by atoms with E-state index in [-0.39, 0.29) is 33.8 Å². The molecule has 0 aliphatic carbocycles. The summed E-state index contributed by atoms with van der Waals surface area (Å²) in [5.41, 5.74) is 0.755. The fourth-order valence-electron chi connectivity index (χ4n) is 2.96. The number of hydrogen-bond donors (Lipinski definition) is 0. The Morgan fingerprint density at radius 3 is 2.27 bits per heavy atom. The minimum Gasteiger partial charge on any atom is -0.225 e. The quantitative estimate of drug-likeness (QED) is 0.433. The van der Waals surface area contributed by atoms with Crippen LogP contribution in [0.15, 0.2) is 60.8 Å². The van der Waals surface area contributed by atoms with Gasteiger partial charge in [-0.15, -0.1) is 5.10 Å². The third-order valence-electron chi connectivity index (χ3n) is 4.39. The molecule has 0 aliphatic rings. The first-order chi connectivity index (χ1) is 14.5. The number of benzene rings is 3. The molecule has 0 atom stereocenters. The van der Waals surface area contributed by atoms with Crippen molar-refractivity contribution in [1.82, 2.24) is 15.2 Å². The van der Waals surface area contributed by atoms with Gasteiger partial charge in [0.2, 0.25) is 0 Å². The van der Waals surface area contributed by atoms with Gasteiger partial charge in [0.15, 0.2) is 5.82 Å². The first-order valence-electron chi connectivity index (χ1n) is 8.61. The molecular weight excluding hydrogens is 396 g/mol. The largest absolute Gasteiger partial charge is 0.225 e. The first-order valence-corrected chi connectivity index (χ1v) is 8.61. The Labute approximate surface area is 168 Å². The van der Waals surface area contributed by atoms with Crippen molar-refractivity contribution < 1.29 is 17.6 Å². The lowest BCUT2D eigenvalue weighted by atomic mass is 9.97. The van der Waals surface area contributed by atoms with Crippen molar-refractivity contribution >= 4 is 0 Å². The predicted molar refractivity (Wildman–Crippen MR) is 101 cm³/mol. The highest BCUT2D eigenvalue weighted by molar-refractivity contribution is 5.76. The Morgan fingerprint density at radius 2 is 1.50 bits per heavy atom. The standard InChI is InChI=1S/C22H10F4N4/c23-14-3-1-13(10-27)17(8-14)18-7-12(2-6-19(18)25)21-11-28-30-22(29-21)16-5-4-15(24)9-20(16)26/h1-9,11H. The molecule has 30 heavy (non-hydrogen) atoms. The van der Waals surface area contributed by atoms with Crippen molar-refractivity contribution in [2.24, 2.45) is 0 Å². The second kappa shape index (κ2) is 7.72. The van der Waals surface area contributed by atoms with Gasteiger partial charge in [0.25, 0.3) is 0 Å². The SMILES string of the molecule is N#Cc1ccc(F)cc1-c1cc(-c2cnnc(-c3ccc(F)cc3F)n2)ccc1F. The van der Waals surface area contributed by atoms with Crippen LogP contribution in [0.25, 0.3) is 33.8 Å². The molecule has 146 valence electrons. The van der Waals surface area contributed by atoms with Gasteiger partial charge in [-0.2, -0.15) is 10.4 Å². The lowest BCUT2D eigenvalue weighted by Gasteiger charge is -2.09. The highest BCUT2D eigenvalue weighted by Crippen LogP contribution is 2.31. The number of hydrogen-bond acceptors (Lipinski definition) is 4. The molecule has 1 aromatic heterocycles. The van der Waals surface area contributed by atoms with Crippen LogP contribution in [0.4, 0.5) is 17.6 Å². The molecule has 4 aromatic rings. The van der Waals surface area contributed by atoms with Crippen molar-refractivity contribution in [1.29, 1.82) is 5.26 Å². The minimum absolute atomic E-state index is 0.00308. The fraction of sp³-hybridized carbons (Fsp3) is 0. The summed E-state index contributed by atoms with van der Waals surface area (Å²) in [6.07, 6.45) is 1.29. The van der Waals surface area contributed by atoms with E-state index in [0.717, 1.165) is 24.3 Å². The van der Waals surface area contributed by atoms with Crippen LogP contribution in [-0.2, 0) is 0 Å². The van der Waals surface area contributed by atoms with E-state index in [1.54, 1.807) is 0 Å². The van der Waals surface area contributed by atoms with Gasteiger partial charge in [-0.1, -0.05) is 0 Å². The Bertz CT molecular complexity index is 1320. The number of halogens is 4. The van der Waals surface area contributed by atoms with E-state index in [9.17, 15) is 22.8 Å². The molecule has 0 spiro atoms. The second-order valence-corrected chi connectivity index (χ2v) is 6.29. The number of nitrogens with zero attached hydrogens (tertiary/aromatic N) is 4. The maximum Gasteiger partial charge on any atom is 0.185 e. The van der Waals surface area contributed by atoms with E-state index in [0.29, 0.717) is 11.6 Å². The predicted octanol–water partition coefficient (Wildman–Crippen LogP) is 5.30. The van der Waals surface area contributed by atoms with Gasteiger partial charge in [0.05, 0.1) is 29.1 Å². The van der Waals surface area contributed by atoms with Crippen molar-refractivity contribution in [2.75, 3.05) is 0 Å². The molecule has 0 radical (unpaired) electrons. The van der Waals surface area contributed by atoms with Crippen LogP contribution >= 0.6 is 0 Å². The molecule has 3 aromatic carbocycles. The summed E-state index contributed by atoms with van der Waals surface area (Å²) in [4.78, 5) is 4.23. The van der Waals surface area contributed by atoms with E-state index in [1.807, 2.05) is 6.07 Å². The Hall–Kier alpha value is -4.12. The van der Waals surface area contributed by atoms with Gasteiger partial charge in [-0.3, -0.25) is 0 Å². The Kier molecular flexibility index (Phi) is 4.94. The van der Waals surface area contributed by atoms with Gasteiger partial charge in [0, 0.05) is 22.8 Å². The van der Waals surface area contributed by atoms with Gasteiger partial charge < -0.3 is 0 Å². The van der Waals surface area contributed by atoms with Crippen LogP contribution in [0.1, 0.15) is 5.56 Å². The average molecular weight is 406 g/mol. The number of nitriles is 1. The Morgan fingerprint density at radius 1 is 0.733 bits per heavy atom. The number of aromatic nitrogens is 3. The molecule has 0 saturated carbocycles. The molecule has 8 heteroatoms. The molecule has 0 fully saturated rings. The molecule has 0 amide bonds. The molecule has 0 aliphatic heterocycles. The average Bonchev–Trinajstić information content (AvgIpc) is 2.74. The van der Waals surface area contributed by atoms with Crippen LogP contribution in [0, 0.1) is 34.6 Å². The van der Waals surface area contributed by atoms with Crippen molar-refractivity contribution in [3.63, 3.8) is 0 Å². The van der Waals surface area contributed by atoms with Gasteiger partial charge in [0.1, 0.15) is 23.3 Å². The zero-order chi connectivity index (χ0) is 21.3. The normalized spacial score (nSPS) is 10.6. The lowest BCUT2D eigenvalue weighted by molar-refractivity contribution is 0.584. The summed E-state index contributed by atoms with van der Waals surface area (Å²) in [6.45, 7) is 0. The molecular formula is C22H10F4N4. The van der Waals surface area contributed by atoms with Crippen LogP contribution < -0.4 is 0 Å². The molecule has 0 saturated heterocycles. The molecule has 4 nitrogen and oxygen atoms in total. The van der Waals surface area contributed by atoms with E-state index in [1.165, 1.54) is 30.5 Å². The van der Waals surface area contributed by atoms with Gasteiger partial charge in [-0.05, 0) is 48.5 Å². The maximum atomic E-state index is 14.5. The highest BCUT2D eigenvalue weighted by Gasteiger charge is 2.15. The molecule has 0 bridgehead atoms. The van der Waals surface area contributed by atoms with Crippen LogP contribution in [-0.4, -0.2) is 15.2 Å². The summed E-state index contributed by atoms with van der Waals surface area (Å²) >= 11 is 0. The molecule has 0 unspecified atom stereocenters. The van der Waals surface area contributed by atoms with Crippen LogP contribution in [0.3, 0.4) is 0 Å². The molecule has 1 heterocycles. The summed E-state index contributed by atoms with van der Waals surface area (Å²) < 4.78 is 55.4. The van der Waals surface area contributed by atoms with E-state index in [2.05, 4.69) is 15.2 Å². The van der Waals surface area contributed by atoms with Crippen LogP contribution in [0.2, 0.25) is 0 Å². The Balaban J connectivity index is 1.83. The topological polar surface area (TPSA) is 62.5 Å². The summed E-state index contributed by atoms with van der Waals surface area (Å²) in [6, 6.07) is 12.3. The van der Waals surface area contributed by atoms with Crippen molar-refractivity contribution in [3.05, 3.63) is 89.6 Å². The van der Waals surface area contributed by atoms with Gasteiger partial charge >= 0.3 is 0 Å². The zero-order valence-corrected chi connectivity index (χ0v) is 15.1. The lowest BCUT2D eigenvalue weighted by Crippen LogP contribution is -1.98. The van der Waals surface area contributed by atoms with Crippen molar-refractivity contribution in [2.45, 2.75) is 0 Å². The zero-order valence-electron chi connectivity index (χ0n) is 15.1. The van der Waals surface area contributed by atoms with E-state index < -0.39 is 23.3 Å². The highest BCUT2D eigenvalue weighted by atomic mass is 19.1. The summed E-state index contributed by atoms with van der Waals surface area (Å²) in [7, 11) is 0. The fourth-order valence-corrected chi connectivity index (χ4v) is 2.96. The first kappa shape index (κ1) is 19.2. The monoisotopic (exact) mass is 406 g/mol. The minimum atomic E-state index is -0.854. The van der Waals surface area contributed by atoms with Crippen molar-refractivity contribution in [3.8, 4) is 39.8 Å². The smallest absolute Gasteiger partial charge is 0.185 e.